The van der Waals surface area contributed by atoms with E-state index in [9.17, 15) is 4.79 Å². The Kier molecular flexibility index (Phi) is 5.85. The van der Waals surface area contributed by atoms with Crippen LogP contribution >= 0.6 is 0 Å². The minimum absolute atomic E-state index is 0.0551. The monoisotopic (exact) mass is 357 g/mol. The van der Waals surface area contributed by atoms with Gasteiger partial charge in [-0.15, -0.1) is 0 Å². The molecule has 1 aromatic heterocycles. The fourth-order valence-electron chi connectivity index (χ4n) is 4.87. The molecule has 1 aliphatic carbocycles. The lowest BCUT2D eigenvalue weighted by atomic mass is 9.88. The Morgan fingerprint density at radius 1 is 1.23 bits per heavy atom. The highest BCUT2D eigenvalue weighted by Gasteiger charge is 2.42. The molecule has 1 amide bonds. The first-order valence-electron chi connectivity index (χ1n) is 10.4. The lowest BCUT2D eigenvalue weighted by Gasteiger charge is -2.40. The summed E-state index contributed by atoms with van der Waals surface area (Å²) < 4.78 is 6.18. The van der Waals surface area contributed by atoms with Gasteiger partial charge in [0, 0.05) is 37.4 Å². The van der Waals surface area contributed by atoms with Gasteiger partial charge in [-0.05, 0) is 50.3 Å². The van der Waals surface area contributed by atoms with E-state index >= 15 is 0 Å². The van der Waals surface area contributed by atoms with Gasteiger partial charge in [0.05, 0.1) is 6.10 Å². The fourth-order valence-corrected chi connectivity index (χ4v) is 4.87. The Morgan fingerprint density at radius 3 is 2.92 bits per heavy atom. The van der Waals surface area contributed by atoms with E-state index in [-0.39, 0.29) is 18.1 Å². The normalized spacial score (nSPS) is 30.1. The molecule has 0 unspecified atom stereocenters. The average molecular weight is 357 g/mol. The van der Waals surface area contributed by atoms with E-state index < -0.39 is 0 Å². The third-order valence-corrected chi connectivity index (χ3v) is 6.37. The first kappa shape index (κ1) is 17.9. The van der Waals surface area contributed by atoms with Crippen LogP contribution in [-0.4, -0.2) is 53.7 Å². The molecule has 1 saturated carbocycles. The van der Waals surface area contributed by atoms with E-state index in [1.165, 1.54) is 45.1 Å². The van der Waals surface area contributed by atoms with Gasteiger partial charge in [-0.2, -0.15) is 0 Å². The molecule has 0 bridgehead atoms. The van der Waals surface area contributed by atoms with Crippen LogP contribution in [0, 0.1) is 5.92 Å². The van der Waals surface area contributed by atoms with Crippen LogP contribution in [-0.2, 0) is 16.0 Å². The molecule has 0 aromatic carbocycles. The molecule has 26 heavy (non-hydrogen) atoms. The van der Waals surface area contributed by atoms with Gasteiger partial charge >= 0.3 is 0 Å². The van der Waals surface area contributed by atoms with Crippen LogP contribution in [0.1, 0.15) is 50.6 Å². The van der Waals surface area contributed by atoms with Gasteiger partial charge < -0.3 is 10.1 Å². The van der Waals surface area contributed by atoms with Gasteiger partial charge in [-0.25, -0.2) is 0 Å². The van der Waals surface area contributed by atoms with Crippen LogP contribution in [0.3, 0.4) is 0 Å². The van der Waals surface area contributed by atoms with Gasteiger partial charge in [0.2, 0.25) is 5.91 Å². The van der Waals surface area contributed by atoms with E-state index in [1.807, 2.05) is 18.2 Å². The molecule has 2 aliphatic heterocycles. The largest absolute Gasteiger partial charge is 0.364 e. The Hall–Kier alpha value is -1.46. The summed E-state index contributed by atoms with van der Waals surface area (Å²) in [4.78, 5) is 19.4. The number of carbonyl (C=O) groups is 1. The summed E-state index contributed by atoms with van der Waals surface area (Å²) in [6, 6.07) is 6.63. The van der Waals surface area contributed by atoms with E-state index in [0.29, 0.717) is 12.5 Å². The SMILES string of the molecule is O=C(NCCc1ccccn1)[C@@H]1C[C@H]2CCN(C3CCCCC3)C[C@H]2O1. The van der Waals surface area contributed by atoms with E-state index in [2.05, 4.69) is 15.2 Å². The second-order valence-electron chi connectivity index (χ2n) is 8.10. The number of nitrogens with zero attached hydrogens (tertiary/aromatic N) is 2. The van der Waals surface area contributed by atoms with E-state index in [0.717, 1.165) is 31.1 Å². The minimum Gasteiger partial charge on any atom is -0.364 e. The zero-order valence-electron chi connectivity index (χ0n) is 15.6. The van der Waals surface area contributed by atoms with E-state index in [4.69, 9.17) is 4.74 Å². The molecule has 4 rings (SSSR count). The summed E-state index contributed by atoms with van der Waals surface area (Å²) in [5.74, 6) is 0.612. The van der Waals surface area contributed by atoms with Crippen LogP contribution in [0.25, 0.3) is 0 Å². The van der Waals surface area contributed by atoms with Gasteiger partial charge in [-0.1, -0.05) is 25.3 Å². The van der Waals surface area contributed by atoms with E-state index in [1.54, 1.807) is 6.20 Å². The van der Waals surface area contributed by atoms with Crippen LogP contribution in [0.5, 0.6) is 0 Å². The number of fused-ring (bicyclic) bond motifs is 1. The maximum absolute atomic E-state index is 12.5. The van der Waals surface area contributed by atoms with Crippen LogP contribution in [0.15, 0.2) is 24.4 Å². The molecule has 0 radical (unpaired) electrons. The number of aromatic nitrogens is 1. The van der Waals surface area contributed by atoms with Crippen molar-refractivity contribution in [2.45, 2.75) is 69.6 Å². The lowest BCUT2D eigenvalue weighted by molar-refractivity contribution is -0.133. The van der Waals surface area contributed by atoms with Crippen molar-refractivity contribution in [2.24, 2.45) is 5.92 Å². The number of rotatable bonds is 5. The summed E-state index contributed by atoms with van der Waals surface area (Å²) in [6.45, 7) is 2.83. The minimum atomic E-state index is -0.264. The molecule has 3 heterocycles. The Balaban J connectivity index is 1.23. The van der Waals surface area contributed by atoms with Crippen molar-refractivity contribution in [3.05, 3.63) is 30.1 Å². The average Bonchev–Trinajstić information content (AvgIpc) is 3.13. The van der Waals surface area contributed by atoms with Crippen molar-refractivity contribution in [1.29, 1.82) is 0 Å². The smallest absolute Gasteiger partial charge is 0.249 e. The molecule has 0 spiro atoms. The molecule has 142 valence electrons. The van der Waals surface area contributed by atoms with Crippen molar-refractivity contribution >= 4 is 5.91 Å². The first-order valence-corrected chi connectivity index (χ1v) is 10.4. The summed E-state index contributed by atoms with van der Waals surface area (Å²) in [7, 11) is 0. The van der Waals surface area contributed by atoms with Gasteiger partial charge in [0.1, 0.15) is 6.10 Å². The number of carbonyl (C=O) groups excluding carboxylic acids is 1. The van der Waals surface area contributed by atoms with Crippen molar-refractivity contribution < 1.29 is 9.53 Å². The number of amides is 1. The van der Waals surface area contributed by atoms with Crippen LogP contribution in [0.2, 0.25) is 0 Å². The maximum atomic E-state index is 12.5. The highest BCUT2D eigenvalue weighted by molar-refractivity contribution is 5.81. The van der Waals surface area contributed by atoms with Crippen molar-refractivity contribution in [2.75, 3.05) is 19.6 Å². The first-order chi connectivity index (χ1) is 12.8. The van der Waals surface area contributed by atoms with Crippen molar-refractivity contribution in [1.82, 2.24) is 15.2 Å². The Bertz CT molecular complexity index is 588. The highest BCUT2D eigenvalue weighted by atomic mass is 16.5. The lowest BCUT2D eigenvalue weighted by Crippen LogP contribution is -2.48. The third-order valence-electron chi connectivity index (χ3n) is 6.37. The quantitative estimate of drug-likeness (QED) is 0.880. The maximum Gasteiger partial charge on any atom is 0.249 e. The molecule has 2 saturated heterocycles. The second kappa shape index (κ2) is 8.49. The number of hydrogen-bond acceptors (Lipinski definition) is 4. The summed E-state index contributed by atoms with van der Waals surface area (Å²) in [5, 5.41) is 3.04. The number of likely N-dealkylation sites (tertiary alicyclic amines) is 1. The molecule has 3 aliphatic rings. The zero-order valence-corrected chi connectivity index (χ0v) is 15.6. The molecule has 5 heteroatoms. The second-order valence-corrected chi connectivity index (χ2v) is 8.10. The molecule has 1 aromatic rings. The predicted octanol–water partition coefficient (Wildman–Crippen LogP) is 2.55. The Morgan fingerprint density at radius 2 is 2.12 bits per heavy atom. The van der Waals surface area contributed by atoms with Crippen molar-refractivity contribution in [3.63, 3.8) is 0 Å². The molecular formula is C21H31N3O2. The van der Waals surface area contributed by atoms with Gasteiger partial charge in [0.15, 0.2) is 0 Å². The number of nitrogens with one attached hydrogen (secondary N) is 1. The predicted molar refractivity (Wildman–Crippen MR) is 101 cm³/mol. The zero-order chi connectivity index (χ0) is 17.8. The molecule has 5 nitrogen and oxygen atoms in total. The number of ether oxygens (including phenoxy) is 1. The highest BCUT2D eigenvalue weighted by Crippen LogP contribution is 2.35. The van der Waals surface area contributed by atoms with Crippen LogP contribution in [0.4, 0.5) is 0 Å². The standard InChI is InChI=1S/C21H31N3O2/c25-21(23-12-9-17-6-4-5-11-22-17)19-14-16-10-13-24(15-20(16)26-19)18-7-2-1-3-8-18/h4-6,11,16,18-20H,1-3,7-10,12-15H2,(H,23,25)/t16-,19+,20-/m1/s1. The molecular weight excluding hydrogens is 326 g/mol. The molecule has 3 atom stereocenters. The van der Waals surface area contributed by atoms with Crippen LogP contribution < -0.4 is 5.32 Å². The molecule has 1 N–H and O–H groups in total. The Labute approximate surface area is 156 Å². The fraction of sp³-hybridized carbons (Fsp3) is 0.714. The third kappa shape index (κ3) is 4.26. The summed E-state index contributed by atoms with van der Waals surface area (Å²) >= 11 is 0. The summed E-state index contributed by atoms with van der Waals surface area (Å²) in [6.07, 6.45) is 11.4. The number of hydrogen-bond donors (Lipinski definition) is 1. The topological polar surface area (TPSA) is 54.5 Å². The number of pyridine rings is 1. The van der Waals surface area contributed by atoms with Gasteiger partial charge in [-0.3, -0.25) is 14.7 Å². The molecule has 3 fully saturated rings. The number of piperidine rings is 1. The van der Waals surface area contributed by atoms with Crippen molar-refractivity contribution in [3.8, 4) is 0 Å². The summed E-state index contributed by atoms with van der Waals surface area (Å²) in [5.41, 5.74) is 1.01. The van der Waals surface area contributed by atoms with Gasteiger partial charge in [0.25, 0.3) is 0 Å².